The minimum atomic E-state index is -0.760. The lowest BCUT2D eigenvalue weighted by Crippen LogP contribution is -2.46. The number of methoxy groups -OCH3 is 1. The Hall–Kier alpha value is -2.44. The number of carboxylic acids is 1. The number of likely N-dealkylation sites (tertiary alicyclic amines) is 1. The number of aromatic nitrogens is 1. The van der Waals surface area contributed by atoms with Gasteiger partial charge in [-0.1, -0.05) is 30.7 Å². The lowest BCUT2D eigenvalue weighted by atomic mass is 9.96. The summed E-state index contributed by atoms with van der Waals surface area (Å²) in [7, 11) is 1.65. The molecule has 0 bridgehead atoms. The second-order valence-electron chi connectivity index (χ2n) is 6.79. The van der Waals surface area contributed by atoms with Crippen LogP contribution in [0.25, 0.3) is 10.2 Å². The van der Waals surface area contributed by atoms with Crippen molar-refractivity contribution in [3.63, 3.8) is 0 Å². The Morgan fingerprint density at radius 3 is 2.89 bits per heavy atom. The van der Waals surface area contributed by atoms with Gasteiger partial charge in [0.2, 0.25) is 0 Å². The van der Waals surface area contributed by atoms with Crippen LogP contribution in [-0.2, 0) is 4.79 Å². The zero-order valence-corrected chi connectivity index (χ0v) is 16.0. The van der Waals surface area contributed by atoms with Crippen LogP contribution in [0.1, 0.15) is 35.9 Å². The molecule has 4 rings (SSSR count). The first kappa shape index (κ1) is 17.9. The van der Waals surface area contributed by atoms with E-state index < -0.39 is 12.0 Å². The maximum Gasteiger partial charge on any atom is 0.320 e. The Labute approximate surface area is 162 Å². The molecular formula is C21H22N2O3S. The van der Waals surface area contributed by atoms with Crippen LogP contribution < -0.4 is 4.74 Å². The lowest BCUT2D eigenvalue weighted by molar-refractivity contribution is -0.145. The number of ether oxygens (including phenoxy) is 1. The molecule has 3 aromatic rings. The van der Waals surface area contributed by atoms with Crippen LogP contribution in [-0.4, -0.2) is 40.7 Å². The van der Waals surface area contributed by atoms with Crippen molar-refractivity contribution in [2.24, 2.45) is 0 Å². The number of rotatable bonds is 5. The summed E-state index contributed by atoms with van der Waals surface area (Å²) in [4.78, 5) is 18.9. The SMILES string of the molecule is COc1cccc(C(c2nc3ccccc3s2)N2CCCCC2C(=O)O)c1. The van der Waals surface area contributed by atoms with Gasteiger partial charge < -0.3 is 9.84 Å². The molecule has 2 atom stereocenters. The highest BCUT2D eigenvalue weighted by molar-refractivity contribution is 7.18. The van der Waals surface area contributed by atoms with Gasteiger partial charge in [0.1, 0.15) is 16.8 Å². The van der Waals surface area contributed by atoms with Crippen LogP contribution in [0.15, 0.2) is 48.5 Å². The molecule has 2 heterocycles. The second kappa shape index (κ2) is 7.66. The maximum atomic E-state index is 11.9. The lowest BCUT2D eigenvalue weighted by Gasteiger charge is -2.38. The predicted octanol–water partition coefficient (Wildman–Crippen LogP) is 4.33. The molecule has 5 nitrogen and oxygen atoms in total. The first-order chi connectivity index (χ1) is 13.2. The second-order valence-corrected chi connectivity index (χ2v) is 7.85. The third-order valence-corrected chi connectivity index (χ3v) is 6.20. The van der Waals surface area contributed by atoms with E-state index in [1.165, 1.54) is 0 Å². The van der Waals surface area contributed by atoms with E-state index in [0.29, 0.717) is 6.42 Å². The zero-order chi connectivity index (χ0) is 18.8. The highest BCUT2D eigenvalue weighted by Crippen LogP contribution is 2.38. The quantitative estimate of drug-likeness (QED) is 0.711. The molecule has 27 heavy (non-hydrogen) atoms. The number of para-hydroxylation sites is 1. The molecule has 1 aliphatic heterocycles. The number of fused-ring (bicyclic) bond motifs is 1. The fourth-order valence-corrected chi connectivity index (χ4v) is 4.94. The Kier molecular flexibility index (Phi) is 5.09. The molecule has 0 spiro atoms. The van der Waals surface area contributed by atoms with Crippen molar-refractivity contribution in [3.05, 3.63) is 59.1 Å². The van der Waals surface area contributed by atoms with Gasteiger partial charge in [-0.25, -0.2) is 4.98 Å². The van der Waals surface area contributed by atoms with Crippen LogP contribution >= 0.6 is 11.3 Å². The van der Waals surface area contributed by atoms with E-state index in [0.717, 1.165) is 45.9 Å². The summed E-state index contributed by atoms with van der Waals surface area (Å²) < 4.78 is 6.52. The van der Waals surface area contributed by atoms with Crippen molar-refractivity contribution < 1.29 is 14.6 Å². The molecule has 0 saturated carbocycles. The molecule has 1 saturated heterocycles. The number of aliphatic carboxylic acids is 1. The molecular weight excluding hydrogens is 360 g/mol. The number of hydrogen-bond donors (Lipinski definition) is 1. The van der Waals surface area contributed by atoms with E-state index in [1.807, 2.05) is 42.5 Å². The van der Waals surface area contributed by atoms with Gasteiger partial charge in [-0.2, -0.15) is 0 Å². The Morgan fingerprint density at radius 2 is 2.11 bits per heavy atom. The Morgan fingerprint density at radius 1 is 1.26 bits per heavy atom. The topological polar surface area (TPSA) is 62.7 Å². The van der Waals surface area contributed by atoms with Crippen LogP contribution in [0.4, 0.5) is 0 Å². The highest BCUT2D eigenvalue weighted by Gasteiger charge is 2.36. The summed E-state index contributed by atoms with van der Waals surface area (Å²) in [6.45, 7) is 0.745. The number of carbonyl (C=O) groups is 1. The van der Waals surface area contributed by atoms with Crippen LogP contribution in [0.5, 0.6) is 5.75 Å². The van der Waals surface area contributed by atoms with Crippen molar-refractivity contribution in [1.82, 2.24) is 9.88 Å². The van der Waals surface area contributed by atoms with E-state index in [1.54, 1.807) is 18.4 Å². The smallest absolute Gasteiger partial charge is 0.320 e. The third-order valence-electron chi connectivity index (χ3n) is 5.11. The fraction of sp³-hybridized carbons (Fsp3) is 0.333. The van der Waals surface area contributed by atoms with Crippen molar-refractivity contribution in [2.75, 3.05) is 13.7 Å². The monoisotopic (exact) mass is 382 g/mol. The highest BCUT2D eigenvalue weighted by atomic mass is 32.1. The summed E-state index contributed by atoms with van der Waals surface area (Å²) in [6, 6.07) is 15.2. The maximum absolute atomic E-state index is 11.9. The van der Waals surface area contributed by atoms with Gasteiger partial charge in [-0.15, -0.1) is 11.3 Å². The Balaban J connectivity index is 1.84. The minimum absolute atomic E-state index is 0.195. The van der Waals surface area contributed by atoms with Gasteiger partial charge in [0.15, 0.2) is 0 Å². The van der Waals surface area contributed by atoms with E-state index in [2.05, 4.69) is 11.0 Å². The normalized spacial score (nSPS) is 19.1. The van der Waals surface area contributed by atoms with Crippen LogP contribution in [0, 0.1) is 0 Å². The molecule has 0 radical (unpaired) electrons. The summed E-state index contributed by atoms with van der Waals surface area (Å²) in [5.74, 6) is 0.00574. The number of thiazole rings is 1. The first-order valence-electron chi connectivity index (χ1n) is 9.15. The van der Waals surface area contributed by atoms with Gasteiger partial charge in [0, 0.05) is 6.54 Å². The Bertz CT molecular complexity index is 922. The third kappa shape index (κ3) is 3.55. The van der Waals surface area contributed by atoms with E-state index >= 15 is 0 Å². The van der Waals surface area contributed by atoms with Gasteiger partial charge in [0.25, 0.3) is 0 Å². The van der Waals surface area contributed by atoms with Crippen molar-refractivity contribution in [1.29, 1.82) is 0 Å². The number of hydrogen-bond acceptors (Lipinski definition) is 5. The molecule has 1 aliphatic rings. The molecule has 0 aliphatic carbocycles. The van der Waals surface area contributed by atoms with Gasteiger partial charge in [0.05, 0.1) is 23.4 Å². The van der Waals surface area contributed by atoms with E-state index in [4.69, 9.17) is 9.72 Å². The first-order valence-corrected chi connectivity index (χ1v) is 9.97. The fourth-order valence-electron chi connectivity index (χ4n) is 3.82. The molecule has 1 N–H and O–H groups in total. The number of piperidine rings is 1. The van der Waals surface area contributed by atoms with E-state index in [-0.39, 0.29) is 6.04 Å². The molecule has 6 heteroatoms. The summed E-state index contributed by atoms with van der Waals surface area (Å²) in [5, 5.41) is 10.7. The summed E-state index contributed by atoms with van der Waals surface area (Å²) in [5.41, 5.74) is 1.97. The molecule has 1 fully saturated rings. The molecule has 140 valence electrons. The molecule has 0 amide bonds. The van der Waals surface area contributed by atoms with Crippen molar-refractivity contribution in [2.45, 2.75) is 31.3 Å². The standard InChI is InChI=1S/C21H22N2O3S/c1-26-15-8-6-7-14(13-15)19(23-12-5-4-10-17(23)21(24)25)20-22-16-9-2-3-11-18(16)27-20/h2-3,6-9,11,13,17,19H,4-5,10,12H2,1H3,(H,24,25). The van der Waals surface area contributed by atoms with Crippen molar-refractivity contribution in [3.8, 4) is 5.75 Å². The van der Waals surface area contributed by atoms with Gasteiger partial charge in [-0.05, 0) is 42.7 Å². The average Bonchev–Trinajstić information content (AvgIpc) is 3.12. The number of benzene rings is 2. The number of carboxylic acid groups (broad SMARTS) is 1. The van der Waals surface area contributed by atoms with E-state index in [9.17, 15) is 9.90 Å². The molecule has 1 aromatic heterocycles. The van der Waals surface area contributed by atoms with Crippen LogP contribution in [0.2, 0.25) is 0 Å². The number of nitrogens with zero attached hydrogens (tertiary/aromatic N) is 2. The molecule has 2 aromatic carbocycles. The zero-order valence-electron chi connectivity index (χ0n) is 15.2. The van der Waals surface area contributed by atoms with Gasteiger partial charge >= 0.3 is 5.97 Å². The largest absolute Gasteiger partial charge is 0.497 e. The average molecular weight is 382 g/mol. The predicted molar refractivity (Wildman–Crippen MR) is 106 cm³/mol. The summed E-state index contributed by atoms with van der Waals surface area (Å²) >= 11 is 1.63. The van der Waals surface area contributed by atoms with Gasteiger partial charge in [-0.3, -0.25) is 9.69 Å². The molecule has 2 unspecified atom stereocenters. The van der Waals surface area contributed by atoms with Crippen molar-refractivity contribution >= 4 is 27.5 Å². The minimum Gasteiger partial charge on any atom is -0.497 e. The summed E-state index contributed by atoms with van der Waals surface area (Å²) in [6.07, 6.45) is 2.61. The van der Waals surface area contributed by atoms with Crippen LogP contribution in [0.3, 0.4) is 0 Å².